The van der Waals surface area contributed by atoms with Gasteiger partial charge in [0, 0.05) is 41.7 Å². The van der Waals surface area contributed by atoms with Crippen LogP contribution in [0.25, 0.3) is 11.1 Å². The summed E-state index contributed by atoms with van der Waals surface area (Å²) in [4.78, 5) is 26.6. The fraction of sp³-hybridized carbons (Fsp3) is 0.167. The molecule has 29 heavy (non-hydrogen) atoms. The lowest BCUT2D eigenvalue weighted by molar-refractivity contribution is -0.117. The van der Waals surface area contributed by atoms with Crippen molar-refractivity contribution < 1.29 is 9.59 Å². The minimum Gasteiger partial charge on any atom is -0.352 e. The summed E-state index contributed by atoms with van der Waals surface area (Å²) in [7, 11) is 0. The van der Waals surface area contributed by atoms with Gasteiger partial charge in [-0.25, -0.2) is 0 Å². The van der Waals surface area contributed by atoms with Crippen LogP contribution in [0.5, 0.6) is 0 Å². The monoisotopic (exact) mass is 404 g/mol. The van der Waals surface area contributed by atoms with Gasteiger partial charge in [-0.15, -0.1) is 0 Å². The number of nitrogens with one attached hydrogen (secondary N) is 1. The van der Waals surface area contributed by atoms with Crippen molar-refractivity contribution in [3.8, 4) is 11.1 Å². The molecule has 0 radical (unpaired) electrons. The van der Waals surface area contributed by atoms with Gasteiger partial charge < -0.3 is 10.2 Å². The Morgan fingerprint density at radius 2 is 1.59 bits per heavy atom. The fourth-order valence-electron chi connectivity index (χ4n) is 3.57. The van der Waals surface area contributed by atoms with Crippen LogP contribution in [0.4, 0.5) is 5.69 Å². The van der Waals surface area contributed by atoms with E-state index < -0.39 is 0 Å². The Bertz CT molecular complexity index is 1000. The van der Waals surface area contributed by atoms with Crippen molar-refractivity contribution in [3.05, 3.63) is 89.4 Å². The number of amides is 2. The molecule has 0 aromatic heterocycles. The molecular formula is C24H21ClN2O2. The van der Waals surface area contributed by atoms with Crippen molar-refractivity contribution >= 4 is 29.1 Å². The SMILES string of the molecule is O=C(NCC1CC(=O)N(c2ccc(Cl)cc2)C1)c1ccc(-c2ccccc2)cc1. The molecule has 1 atom stereocenters. The lowest BCUT2D eigenvalue weighted by Crippen LogP contribution is -2.31. The van der Waals surface area contributed by atoms with Crippen LogP contribution in [0, 0.1) is 5.92 Å². The summed E-state index contributed by atoms with van der Waals surface area (Å²) in [5.41, 5.74) is 3.64. The number of hydrogen-bond acceptors (Lipinski definition) is 2. The Morgan fingerprint density at radius 3 is 2.28 bits per heavy atom. The molecule has 1 saturated heterocycles. The van der Waals surface area contributed by atoms with E-state index in [2.05, 4.69) is 5.32 Å². The Morgan fingerprint density at radius 1 is 0.931 bits per heavy atom. The molecule has 5 heteroatoms. The van der Waals surface area contributed by atoms with Gasteiger partial charge in [0.05, 0.1) is 0 Å². The Balaban J connectivity index is 1.34. The van der Waals surface area contributed by atoms with Gasteiger partial charge in [0.1, 0.15) is 0 Å². The molecule has 3 aromatic carbocycles. The highest BCUT2D eigenvalue weighted by Gasteiger charge is 2.30. The van der Waals surface area contributed by atoms with E-state index in [4.69, 9.17) is 11.6 Å². The average molecular weight is 405 g/mol. The van der Waals surface area contributed by atoms with Crippen LogP contribution in [-0.2, 0) is 4.79 Å². The van der Waals surface area contributed by atoms with E-state index in [0.29, 0.717) is 30.1 Å². The van der Waals surface area contributed by atoms with Gasteiger partial charge in [0.2, 0.25) is 5.91 Å². The number of rotatable bonds is 5. The largest absolute Gasteiger partial charge is 0.352 e. The van der Waals surface area contributed by atoms with Gasteiger partial charge in [0.15, 0.2) is 0 Å². The molecule has 2 amide bonds. The maximum absolute atomic E-state index is 12.5. The van der Waals surface area contributed by atoms with Crippen LogP contribution in [-0.4, -0.2) is 24.9 Å². The number of anilines is 1. The van der Waals surface area contributed by atoms with Gasteiger partial charge in [0.25, 0.3) is 5.91 Å². The minimum absolute atomic E-state index is 0.0683. The Hall–Kier alpha value is -3.11. The molecule has 4 rings (SSSR count). The second kappa shape index (κ2) is 8.50. The smallest absolute Gasteiger partial charge is 0.251 e. The zero-order valence-corrected chi connectivity index (χ0v) is 16.6. The third-order valence-corrected chi connectivity index (χ3v) is 5.40. The topological polar surface area (TPSA) is 49.4 Å². The first kappa shape index (κ1) is 19.2. The standard InChI is InChI=1S/C24H21ClN2O2/c25-21-10-12-22(13-11-21)27-16-17(14-23(27)28)15-26-24(29)20-8-6-19(7-9-20)18-4-2-1-3-5-18/h1-13,17H,14-16H2,(H,26,29). The van der Waals surface area contributed by atoms with Crippen molar-refractivity contribution in [2.75, 3.05) is 18.0 Å². The van der Waals surface area contributed by atoms with E-state index in [1.54, 1.807) is 17.0 Å². The molecule has 1 heterocycles. The summed E-state index contributed by atoms with van der Waals surface area (Å²) in [5, 5.41) is 3.60. The molecule has 1 fully saturated rings. The molecule has 0 saturated carbocycles. The van der Waals surface area contributed by atoms with Crippen LogP contribution in [0.3, 0.4) is 0 Å². The molecule has 1 N–H and O–H groups in total. The van der Waals surface area contributed by atoms with Gasteiger partial charge >= 0.3 is 0 Å². The van der Waals surface area contributed by atoms with Crippen LogP contribution in [0.1, 0.15) is 16.8 Å². The zero-order chi connectivity index (χ0) is 20.2. The minimum atomic E-state index is -0.123. The maximum atomic E-state index is 12.5. The highest BCUT2D eigenvalue weighted by Crippen LogP contribution is 2.26. The number of carbonyl (C=O) groups excluding carboxylic acids is 2. The first-order valence-electron chi connectivity index (χ1n) is 9.60. The summed E-state index contributed by atoms with van der Waals surface area (Å²) < 4.78 is 0. The lowest BCUT2D eigenvalue weighted by atomic mass is 10.0. The second-order valence-corrected chi connectivity index (χ2v) is 7.64. The van der Waals surface area contributed by atoms with Crippen LogP contribution in [0.2, 0.25) is 5.02 Å². The molecule has 0 aliphatic carbocycles. The van der Waals surface area contributed by atoms with E-state index in [-0.39, 0.29) is 17.7 Å². The summed E-state index contributed by atoms with van der Waals surface area (Å²) in [6, 6.07) is 24.8. The van der Waals surface area contributed by atoms with E-state index in [1.807, 2.05) is 66.7 Å². The molecule has 1 aliphatic rings. The molecular weight excluding hydrogens is 384 g/mol. The number of hydrogen-bond donors (Lipinski definition) is 1. The first-order chi connectivity index (χ1) is 14.1. The predicted octanol–water partition coefficient (Wildman–Crippen LogP) is 4.79. The normalized spacial score (nSPS) is 16.1. The van der Waals surface area contributed by atoms with Crippen molar-refractivity contribution in [1.82, 2.24) is 5.32 Å². The van der Waals surface area contributed by atoms with Crippen molar-refractivity contribution in [3.63, 3.8) is 0 Å². The molecule has 146 valence electrons. The van der Waals surface area contributed by atoms with Gasteiger partial charge in [-0.2, -0.15) is 0 Å². The zero-order valence-electron chi connectivity index (χ0n) is 15.8. The Labute approximate surface area is 175 Å². The molecule has 1 aliphatic heterocycles. The fourth-order valence-corrected chi connectivity index (χ4v) is 3.70. The number of halogens is 1. The molecule has 0 bridgehead atoms. The number of nitrogens with zero attached hydrogens (tertiary/aromatic N) is 1. The van der Waals surface area contributed by atoms with E-state index in [0.717, 1.165) is 16.8 Å². The van der Waals surface area contributed by atoms with Crippen LogP contribution < -0.4 is 10.2 Å². The van der Waals surface area contributed by atoms with Crippen molar-refractivity contribution in [1.29, 1.82) is 0 Å². The van der Waals surface area contributed by atoms with Gasteiger partial charge in [-0.1, -0.05) is 54.1 Å². The number of benzene rings is 3. The quantitative estimate of drug-likeness (QED) is 0.664. The van der Waals surface area contributed by atoms with Crippen molar-refractivity contribution in [2.24, 2.45) is 5.92 Å². The highest BCUT2D eigenvalue weighted by atomic mass is 35.5. The van der Waals surface area contributed by atoms with Crippen LogP contribution >= 0.6 is 11.6 Å². The third-order valence-electron chi connectivity index (χ3n) is 5.15. The lowest BCUT2D eigenvalue weighted by Gasteiger charge is -2.17. The van der Waals surface area contributed by atoms with E-state index in [1.165, 1.54) is 0 Å². The van der Waals surface area contributed by atoms with Crippen LogP contribution in [0.15, 0.2) is 78.9 Å². The van der Waals surface area contributed by atoms with E-state index >= 15 is 0 Å². The molecule has 0 spiro atoms. The molecule has 1 unspecified atom stereocenters. The number of carbonyl (C=O) groups is 2. The summed E-state index contributed by atoms with van der Waals surface area (Å²) >= 11 is 5.92. The third kappa shape index (κ3) is 4.49. The molecule has 3 aromatic rings. The first-order valence-corrected chi connectivity index (χ1v) is 9.97. The summed E-state index contributed by atoms with van der Waals surface area (Å²) in [6.45, 7) is 1.06. The summed E-state index contributed by atoms with van der Waals surface area (Å²) in [6.07, 6.45) is 0.426. The van der Waals surface area contributed by atoms with Gasteiger partial charge in [-0.3, -0.25) is 9.59 Å². The Kier molecular flexibility index (Phi) is 5.63. The van der Waals surface area contributed by atoms with Gasteiger partial charge in [-0.05, 0) is 47.5 Å². The second-order valence-electron chi connectivity index (χ2n) is 7.20. The van der Waals surface area contributed by atoms with E-state index in [9.17, 15) is 9.59 Å². The summed E-state index contributed by atoms with van der Waals surface area (Å²) in [5.74, 6) is 0.0338. The molecule has 4 nitrogen and oxygen atoms in total. The average Bonchev–Trinajstić information content (AvgIpc) is 3.14. The predicted molar refractivity (Wildman–Crippen MR) is 116 cm³/mol. The maximum Gasteiger partial charge on any atom is 0.251 e. The van der Waals surface area contributed by atoms with Crippen molar-refractivity contribution in [2.45, 2.75) is 6.42 Å². The highest BCUT2D eigenvalue weighted by molar-refractivity contribution is 6.30.